The van der Waals surface area contributed by atoms with Crippen LogP contribution >= 0.6 is 11.3 Å². The Hall–Kier alpha value is -1.89. The Morgan fingerprint density at radius 3 is 2.94 bits per heavy atom. The van der Waals surface area contributed by atoms with Crippen LogP contribution in [0.4, 0.5) is 11.8 Å². The van der Waals surface area contributed by atoms with Crippen LogP contribution in [0.25, 0.3) is 10.2 Å². The number of nitrogens with one attached hydrogen (secondary N) is 1. The number of thiophene rings is 1. The van der Waals surface area contributed by atoms with Crippen molar-refractivity contribution in [2.75, 3.05) is 18.2 Å². The quantitative estimate of drug-likeness (QED) is 0.819. The number of esters is 1. The van der Waals surface area contributed by atoms with E-state index >= 15 is 0 Å². The molecule has 18 heavy (non-hydrogen) atoms. The van der Waals surface area contributed by atoms with Crippen LogP contribution in [0, 0.1) is 6.92 Å². The Morgan fingerprint density at radius 2 is 2.28 bits per heavy atom. The van der Waals surface area contributed by atoms with Crippen LogP contribution in [0.15, 0.2) is 6.07 Å². The third-order valence-corrected chi connectivity index (χ3v) is 3.39. The number of hydrogen-bond acceptors (Lipinski definition) is 7. The van der Waals surface area contributed by atoms with Gasteiger partial charge < -0.3 is 15.8 Å². The molecule has 0 aliphatic carbocycles. The number of aryl methyl sites for hydroxylation is 1. The van der Waals surface area contributed by atoms with E-state index in [9.17, 15) is 4.79 Å². The molecule has 7 heteroatoms. The van der Waals surface area contributed by atoms with Crippen molar-refractivity contribution in [1.82, 2.24) is 9.97 Å². The van der Waals surface area contributed by atoms with Crippen molar-refractivity contribution in [3.05, 3.63) is 10.9 Å². The fraction of sp³-hybridized carbons (Fsp3) is 0.364. The van der Waals surface area contributed by atoms with Crippen molar-refractivity contribution < 1.29 is 9.53 Å². The van der Waals surface area contributed by atoms with Crippen LogP contribution in [0.2, 0.25) is 0 Å². The van der Waals surface area contributed by atoms with Gasteiger partial charge in [-0.25, -0.2) is 9.78 Å². The second-order valence-electron chi connectivity index (χ2n) is 3.90. The molecule has 1 atom stereocenters. The van der Waals surface area contributed by atoms with Gasteiger partial charge in [-0.15, -0.1) is 11.3 Å². The minimum absolute atomic E-state index is 0.184. The maximum Gasteiger partial charge on any atom is 0.328 e. The molecule has 2 rings (SSSR count). The summed E-state index contributed by atoms with van der Waals surface area (Å²) >= 11 is 1.53. The number of nitrogen functional groups attached to an aromatic ring is 1. The molecule has 0 saturated heterocycles. The molecule has 0 aromatic carbocycles. The Kier molecular flexibility index (Phi) is 3.33. The molecule has 96 valence electrons. The Morgan fingerprint density at radius 1 is 1.56 bits per heavy atom. The molecule has 2 aromatic rings. The third kappa shape index (κ3) is 2.35. The average molecular weight is 266 g/mol. The number of carbonyl (C=O) groups excluding carboxylic acids is 1. The summed E-state index contributed by atoms with van der Waals surface area (Å²) in [4.78, 5) is 21.6. The van der Waals surface area contributed by atoms with Gasteiger partial charge in [0.05, 0.1) is 12.5 Å². The summed E-state index contributed by atoms with van der Waals surface area (Å²) in [5.41, 5.74) is 5.65. The molecular formula is C11H14N4O2S. The summed E-state index contributed by atoms with van der Waals surface area (Å²) in [5.74, 6) is 0.385. The van der Waals surface area contributed by atoms with Gasteiger partial charge >= 0.3 is 5.97 Å². The van der Waals surface area contributed by atoms with Crippen LogP contribution < -0.4 is 11.1 Å². The predicted molar refractivity (Wildman–Crippen MR) is 71.7 cm³/mol. The fourth-order valence-electron chi connectivity index (χ4n) is 1.61. The van der Waals surface area contributed by atoms with E-state index in [0.29, 0.717) is 5.82 Å². The van der Waals surface area contributed by atoms with Crippen molar-refractivity contribution in [2.24, 2.45) is 0 Å². The Labute approximate surface area is 108 Å². The lowest BCUT2D eigenvalue weighted by molar-refractivity contribution is -0.141. The van der Waals surface area contributed by atoms with Gasteiger partial charge in [0.2, 0.25) is 5.95 Å². The van der Waals surface area contributed by atoms with Crippen molar-refractivity contribution in [3.63, 3.8) is 0 Å². The van der Waals surface area contributed by atoms with Gasteiger partial charge in [-0.05, 0) is 19.9 Å². The van der Waals surface area contributed by atoms with Crippen LogP contribution in [0.3, 0.4) is 0 Å². The van der Waals surface area contributed by atoms with Crippen LogP contribution in [-0.2, 0) is 9.53 Å². The molecule has 0 amide bonds. The van der Waals surface area contributed by atoms with E-state index in [1.165, 1.54) is 18.4 Å². The number of ether oxygens (including phenoxy) is 1. The van der Waals surface area contributed by atoms with Crippen LogP contribution in [-0.4, -0.2) is 29.1 Å². The normalized spacial score (nSPS) is 12.4. The number of aromatic nitrogens is 2. The first kappa shape index (κ1) is 12.6. The minimum Gasteiger partial charge on any atom is -0.467 e. The minimum atomic E-state index is -0.493. The summed E-state index contributed by atoms with van der Waals surface area (Å²) in [7, 11) is 1.35. The number of anilines is 2. The monoisotopic (exact) mass is 266 g/mol. The number of carbonyl (C=O) groups is 1. The third-order valence-electron chi connectivity index (χ3n) is 2.44. The molecule has 2 aromatic heterocycles. The number of fused-ring (bicyclic) bond motifs is 1. The number of hydrogen-bond donors (Lipinski definition) is 2. The van der Waals surface area contributed by atoms with Crippen LogP contribution in [0.1, 0.15) is 11.8 Å². The first-order valence-electron chi connectivity index (χ1n) is 5.39. The van der Waals surface area contributed by atoms with Gasteiger partial charge in [-0.1, -0.05) is 0 Å². The molecule has 0 saturated carbocycles. The van der Waals surface area contributed by atoms with E-state index in [4.69, 9.17) is 5.73 Å². The molecule has 1 unspecified atom stereocenters. The van der Waals surface area contributed by atoms with E-state index in [0.717, 1.165) is 15.1 Å². The summed E-state index contributed by atoms with van der Waals surface area (Å²) < 4.78 is 4.66. The molecule has 0 fully saturated rings. The maximum absolute atomic E-state index is 11.4. The average Bonchev–Trinajstić information content (AvgIpc) is 2.68. The smallest absolute Gasteiger partial charge is 0.328 e. The summed E-state index contributed by atoms with van der Waals surface area (Å²) in [6, 6.07) is 1.47. The number of methoxy groups -OCH3 is 1. The van der Waals surface area contributed by atoms with Crippen molar-refractivity contribution in [2.45, 2.75) is 19.9 Å². The second kappa shape index (κ2) is 4.77. The molecular weight excluding hydrogens is 252 g/mol. The highest BCUT2D eigenvalue weighted by atomic mass is 32.1. The lowest BCUT2D eigenvalue weighted by atomic mass is 10.3. The van der Waals surface area contributed by atoms with E-state index in [1.54, 1.807) is 6.92 Å². The van der Waals surface area contributed by atoms with Gasteiger partial charge in [0, 0.05) is 4.88 Å². The lowest BCUT2D eigenvalue weighted by Crippen LogP contribution is -2.27. The topological polar surface area (TPSA) is 90.1 Å². The van der Waals surface area contributed by atoms with Gasteiger partial charge in [0.15, 0.2) is 0 Å². The SMILES string of the molecule is COC(=O)C(C)Nc1nc(N)nc2sc(C)cc12. The first-order valence-corrected chi connectivity index (χ1v) is 6.21. The van der Waals surface area contributed by atoms with Gasteiger partial charge in [-0.2, -0.15) is 4.98 Å². The summed E-state index contributed by atoms with van der Waals surface area (Å²) in [6.07, 6.45) is 0. The largest absolute Gasteiger partial charge is 0.467 e. The molecule has 0 aliphatic heterocycles. The van der Waals surface area contributed by atoms with E-state index in [1.807, 2.05) is 13.0 Å². The summed E-state index contributed by atoms with van der Waals surface area (Å²) in [5, 5.41) is 3.85. The summed E-state index contributed by atoms with van der Waals surface area (Å²) in [6.45, 7) is 3.69. The van der Waals surface area contributed by atoms with Crippen molar-refractivity contribution in [3.8, 4) is 0 Å². The molecule has 0 aliphatic rings. The molecule has 0 spiro atoms. The highest BCUT2D eigenvalue weighted by molar-refractivity contribution is 7.18. The molecule has 2 heterocycles. The van der Waals surface area contributed by atoms with E-state index in [2.05, 4.69) is 20.0 Å². The fourth-order valence-corrected chi connectivity index (χ4v) is 2.50. The molecule has 0 radical (unpaired) electrons. The standard InChI is InChI=1S/C11H14N4O2S/c1-5-4-7-8(13-6(2)10(16)17-3)14-11(12)15-9(7)18-5/h4,6H,1-3H3,(H3,12,13,14,15). The number of nitrogens with zero attached hydrogens (tertiary/aromatic N) is 2. The van der Waals surface area contributed by atoms with Gasteiger partial charge in [0.1, 0.15) is 16.7 Å². The second-order valence-corrected chi connectivity index (χ2v) is 5.13. The predicted octanol–water partition coefficient (Wildman–Crippen LogP) is 1.56. The maximum atomic E-state index is 11.4. The number of nitrogens with two attached hydrogens (primary N) is 1. The zero-order valence-corrected chi connectivity index (χ0v) is 11.2. The van der Waals surface area contributed by atoms with Gasteiger partial charge in [0.25, 0.3) is 0 Å². The Balaban J connectivity index is 2.40. The molecule has 0 bridgehead atoms. The van der Waals surface area contributed by atoms with E-state index < -0.39 is 6.04 Å². The zero-order valence-electron chi connectivity index (χ0n) is 10.4. The molecule has 6 nitrogen and oxygen atoms in total. The lowest BCUT2D eigenvalue weighted by Gasteiger charge is -2.12. The van der Waals surface area contributed by atoms with Crippen molar-refractivity contribution >= 4 is 39.3 Å². The van der Waals surface area contributed by atoms with Crippen molar-refractivity contribution in [1.29, 1.82) is 0 Å². The zero-order chi connectivity index (χ0) is 13.3. The highest BCUT2D eigenvalue weighted by Gasteiger charge is 2.16. The van der Waals surface area contributed by atoms with Gasteiger partial charge in [-0.3, -0.25) is 0 Å². The van der Waals surface area contributed by atoms with Crippen LogP contribution in [0.5, 0.6) is 0 Å². The first-order chi connectivity index (χ1) is 8.51. The molecule has 3 N–H and O–H groups in total. The Bertz CT molecular complexity index is 596. The van der Waals surface area contributed by atoms with E-state index in [-0.39, 0.29) is 11.9 Å². The highest BCUT2D eigenvalue weighted by Crippen LogP contribution is 2.29. The number of rotatable bonds is 3.